The van der Waals surface area contributed by atoms with Gasteiger partial charge in [0.15, 0.2) is 0 Å². The Bertz CT molecular complexity index is 1320. The topological polar surface area (TPSA) is 167 Å². The summed E-state index contributed by atoms with van der Waals surface area (Å²) < 4.78 is 0. The van der Waals surface area contributed by atoms with Crippen molar-refractivity contribution in [3.8, 4) is 0 Å². The highest BCUT2D eigenvalue weighted by Crippen LogP contribution is 2.24. The Hall–Kier alpha value is -3.35. The molecule has 6 N–H and O–H groups in total. The van der Waals surface area contributed by atoms with E-state index in [2.05, 4.69) is 25.8 Å². The molecule has 47 heavy (non-hydrogen) atoms. The number of carbonyl (C=O) groups excluding carboxylic acids is 3. The summed E-state index contributed by atoms with van der Waals surface area (Å²) in [6.45, 7) is 10.5. The zero-order valence-corrected chi connectivity index (χ0v) is 29.5. The predicted molar refractivity (Wildman–Crippen MR) is 185 cm³/mol. The second-order valence-corrected chi connectivity index (χ2v) is 14.4. The first kappa shape index (κ1) is 38.1. The van der Waals surface area contributed by atoms with Gasteiger partial charge in [-0.3, -0.25) is 24.1 Å². The number of likely N-dealkylation sites (N-methyl/N-ethyl adjacent to an activating group) is 1. The summed E-state index contributed by atoms with van der Waals surface area (Å²) in [6.07, 6.45) is 4.74. The Morgan fingerprint density at radius 1 is 1.04 bits per heavy atom. The fourth-order valence-corrected chi connectivity index (χ4v) is 6.76. The number of hydrogen-bond acceptors (Lipinski definition) is 8. The molecular weight excluding hydrogens is 616 g/mol. The fourth-order valence-electron chi connectivity index (χ4n) is 5.94. The average molecular weight is 671 g/mol. The second kappa shape index (κ2) is 18.3. The van der Waals surface area contributed by atoms with Crippen LogP contribution in [0.4, 0.5) is 0 Å². The van der Waals surface area contributed by atoms with Crippen LogP contribution >= 0.6 is 11.3 Å². The molecule has 2 aromatic rings. The number of likely N-dealkylation sites (tertiary alicyclic amines) is 1. The molecule has 0 aliphatic carbocycles. The van der Waals surface area contributed by atoms with Gasteiger partial charge in [0.2, 0.25) is 11.8 Å². The van der Waals surface area contributed by atoms with Crippen LogP contribution in [0.1, 0.15) is 100 Å². The summed E-state index contributed by atoms with van der Waals surface area (Å²) in [5.74, 6) is -2.27. The van der Waals surface area contributed by atoms with Gasteiger partial charge < -0.3 is 26.8 Å². The van der Waals surface area contributed by atoms with Crippen molar-refractivity contribution in [1.82, 2.24) is 25.8 Å². The number of nitrogens with zero attached hydrogens (tertiary/aromatic N) is 2. The molecule has 0 radical (unpaired) electrons. The fraction of sp³-hybridized carbons (Fsp3) is 0.629. The van der Waals surface area contributed by atoms with Crippen LogP contribution < -0.4 is 21.7 Å². The van der Waals surface area contributed by atoms with Gasteiger partial charge in [-0.2, -0.15) is 0 Å². The minimum absolute atomic E-state index is 0.0560. The Labute approximate surface area is 283 Å². The highest BCUT2D eigenvalue weighted by atomic mass is 32.1. The van der Waals surface area contributed by atoms with Crippen LogP contribution in [-0.4, -0.2) is 76.4 Å². The zero-order chi connectivity index (χ0) is 34.7. The van der Waals surface area contributed by atoms with Crippen molar-refractivity contribution in [2.24, 2.45) is 23.5 Å². The molecule has 11 nitrogen and oxygen atoms in total. The zero-order valence-electron chi connectivity index (χ0n) is 28.7. The summed E-state index contributed by atoms with van der Waals surface area (Å²) in [7, 11) is 1.95. The standard InChI is InChI=1S/C35H54N6O5S/c1-7-22(4)30(40-32(43)29-15-11-12-16-41(29)6)33(44)38-27(21(2)3)19-26(36)34-39-28(20-47-34)31(42)37-25(17-23(5)35(45)46)18-24-13-9-8-10-14-24/h8-10,13-14,20-23,25-27,29-30H,7,11-12,15-19,36H2,1-6H3,(H,37,42)(H,38,44)(H,40,43)(H,45,46). The third-order valence-electron chi connectivity index (χ3n) is 9.30. The highest BCUT2D eigenvalue weighted by molar-refractivity contribution is 7.09. The third-order valence-corrected chi connectivity index (χ3v) is 10.3. The lowest BCUT2D eigenvalue weighted by molar-refractivity contribution is -0.141. The smallest absolute Gasteiger partial charge is 0.306 e. The number of benzene rings is 1. The maximum absolute atomic E-state index is 13.6. The number of nitrogens with one attached hydrogen (secondary N) is 3. The van der Waals surface area contributed by atoms with Crippen LogP contribution in [-0.2, 0) is 20.8 Å². The maximum atomic E-state index is 13.6. The first-order valence-corrected chi connectivity index (χ1v) is 17.8. The van der Waals surface area contributed by atoms with E-state index in [4.69, 9.17) is 5.73 Å². The summed E-state index contributed by atoms with van der Waals surface area (Å²) >= 11 is 1.28. The van der Waals surface area contributed by atoms with Crippen LogP contribution in [0.15, 0.2) is 35.7 Å². The van der Waals surface area contributed by atoms with Crippen molar-refractivity contribution < 1.29 is 24.3 Å². The lowest BCUT2D eigenvalue weighted by atomic mass is 9.93. The van der Waals surface area contributed by atoms with Gasteiger partial charge in [0.1, 0.15) is 16.7 Å². The van der Waals surface area contributed by atoms with Crippen molar-refractivity contribution in [1.29, 1.82) is 0 Å². The maximum Gasteiger partial charge on any atom is 0.306 e. The normalized spacial score (nSPS) is 19.2. The first-order valence-electron chi connectivity index (χ1n) is 16.9. The average Bonchev–Trinajstić information content (AvgIpc) is 3.54. The van der Waals surface area contributed by atoms with Gasteiger partial charge in [-0.15, -0.1) is 11.3 Å². The van der Waals surface area contributed by atoms with Crippen LogP contribution in [0.2, 0.25) is 0 Å². The summed E-state index contributed by atoms with van der Waals surface area (Å²) in [5, 5.41) is 20.9. The molecule has 1 fully saturated rings. The molecule has 1 aliphatic rings. The number of aromatic nitrogens is 1. The van der Waals surface area contributed by atoms with Gasteiger partial charge in [0.05, 0.1) is 18.0 Å². The number of carboxylic acids is 1. The number of amides is 3. The summed E-state index contributed by atoms with van der Waals surface area (Å²) in [4.78, 5) is 58.2. The Kier molecular flexibility index (Phi) is 14.8. The minimum Gasteiger partial charge on any atom is -0.481 e. The van der Waals surface area contributed by atoms with E-state index < -0.39 is 30.0 Å². The number of thiazole rings is 1. The number of nitrogens with two attached hydrogens (primary N) is 1. The molecule has 3 amide bonds. The number of carboxylic acid groups (broad SMARTS) is 1. The molecule has 1 saturated heterocycles. The number of carbonyl (C=O) groups is 4. The molecule has 1 aromatic heterocycles. The minimum atomic E-state index is -0.916. The van der Waals surface area contributed by atoms with Gasteiger partial charge >= 0.3 is 5.97 Å². The van der Waals surface area contributed by atoms with E-state index in [-0.39, 0.29) is 53.8 Å². The number of aliphatic carboxylic acids is 1. The molecule has 3 rings (SSSR count). The Morgan fingerprint density at radius 3 is 2.36 bits per heavy atom. The quantitative estimate of drug-likeness (QED) is 0.167. The largest absolute Gasteiger partial charge is 0.481 e. The van der Waals surface area contributed by atoms with E-state index in [0.717, 1.165) is 37.8 Å². The van der Waals surface area contributed by atoms with E-state index in [9.17, 15) is 24.3 Å². The molecule has 0 saturated carbocycles. The number of rotatable bonds is 17. The van der Waals surface area contributed by atoms with Gasteiger partial charge in [-0.1, -0.05) is 77.8 Å². The molecule has 0 bridgehead atoms. The highest BCUT2D eigenvalue weighted by Gasteiger charge is 2.33. The van der Waals surface area contributed by atoms with Gasteiger partial charge in [-0.05, 0) is 63.1 Å². The molecule has 2 heterocycles. The molecule has 1 aliphatic heterocycles. The second-order valence-electron chi connectivity index (χ2n) is 13.5. The first-order chi connectivity index (χ1) is 22.3. The summed E-state index contributed by atoms with van der Waals surface area (Å²) in [6, 6.07) is 7.51. The molecule has 7 atom stereocenters. The summed E-state index contributed by atoms with van der Waals surface area (Å²) in [5.41, 5.74) is 7.82. The van der Waals surface area contributed by atoms with Crippen LogP contribution in [0.25, 0.3) is 0 Å². The number of piperidine rings is 1. The van der Waals surface area contributed by atoms with E-state index in [1.54, 1.807) is 12.3 Å². The van der Waals surface area contributed by atoms with Gasteiger partial charge in [0, 0.05) is 17.5 Å². The van der Waals surface area contributed by atoms with Crippen LogP contribution in [0.5, 0.6) is 0 Å². The molecule has 7 unspecified atom stereocenters. The molecule has 12 heteroatoms. The van der Waals surface area contributed by atoms with E-state index >= 15 is 0 Å². The lowest BCUT2D eigenvalue weighted by Gasteiger charge is -2.34. The Morgan fingerprint density at radius 2 is 1.74 bits per heavy atom. The van der Waals surface area contributed by atoms with Gasteiger partial charge in [0.25, 0.3) is 5.91 Å². The van der Waals surface area contributed by atoms with Crippen LogP contribution in [0, 0.1) is 17.8 Å². The van der Waals surface area contributed by atoms with Crippen molar-refractivity contribution in [3.05, 3.63) is 52.0 Å². The van der Waals surface area contributed by atoms with Crippen molar-refractivity contribution in [3.63, 3.8) is 0 Å². The Balaban J connectivity index is 1.66. The molecule has 260 valence electrons. The SMILES string of the molecule is CCC(C)C(NC(=O)C1CCCCN1C)C(=O)NC(CC(N)c1nc(C(=O)NC(Cc2ccccc2)CC(C)C(=O)O)cs1)C(C)C. The lowest BCUT2D eigenvalue weighted by Crippen LogP contribution is -2.57. The number of hydrogen-bond donors (Lipinski definition) is 5. The van der Waals surface area contributed by atoms with Gasteiger partial charge in [-0.25, -0.2) is 4.98 Å². The van der Waals surface area contributed by atoms with E-state index in [0.29, 0.717) is 17.8 Å². The van der Waals surface area contributed by atoms with E-state index in [1.165, 1.54) is 11.3 Å². The van der Waals surface area contributed by atoms with Crippen molar-refractivity contribution in [2.45, 2.75) is 110 Å². The monoisotopic (exact) mass is 670 g/mol. The molecule has 1 aromatic carbocycles. The van der Waals surface area contributed by atoms with E-state index in [1.807, 2.05) is 65.1 Å². The molecule has 0 spiro atoms. The van der Waals surface area contributed by atoms with Crippen molar-refractivity contribution >= 4 is 35.0 Å². The molecular formula is C35H54N6O5S. The predicted octanol–water partition coefficient (Wildman–Crippen LogP) is 4.14. The van der Waals surface area contributed by atoms with Crippen LogP contribution in [0.3, 0.4) is 0 Å². The van der Waals surface area contributed by atoms with Crippen molar-refractivity contribution in [2.75, 3.05) is 13.6 Å². The third kappa shape index (κ3) is 11.4.